The lowest BCUT2D eigenvalue weighted by Gasteiger charge is -2.08. The third-order valence-corrected chi connectivity index (χ3v) is 1.92. The van der Waals surface area contributed by atoms with Crippen LogP contribution in [0.5, 0.6) is 0 Å². The molecule has 0 amide bonds. The van der Waals surface area contributed by atoms with Gasteiger partial charge in [-0.1, -0.05) is 13.3 Å². The highest BCUT2D eigenvalue weighted by Gasteiger charge is 2.09. The molecule has 0 rings (SSSR count). The van der Waals surface area contributed by atoms with Gasteiger partial charge in [-0.3, -0.25) is 0 Å². The van der Waals surface area contributed by atoms with Crippen LogP contribution in [0.4, 0.5) is 0 Å². The molecule has 0 aromatic carbocycles. The Kier molecular flexibility index (Phi) is 5.45. The predicted molar refractivity (Wildman–Crippen MR) is 50.6 cm³/mol. The molecule has 70 valence electrons. The summed E-state index contributed by atoms with van der Waals surface area (Å²) in [5, 5.41) is 8.68. The molecule has 1 N–H and O–H groups in total. The standard InChI is InChI=1S/C8H16O3Si/c1-4-5-6-7(8(9)10)11-12(2)3/h6,12H,4-5H2,1-3H3,(H,9,10). The maximum atomic E-state index is 10.6. The van der Waals surface area contributed by atoms with Crippen molar-refractivity contribution in [1.82, 2.24) is 0 Å². The minimum atomic E-state index is -1.28. The van der Waals surface area contributed by atoms with Crippen molar-refractivity contribution >= 4 is 15.0 Å². The summed E-state index contributed by atoms with van der Waals surface area (Å²) in [6, 6.07) is 0. The molecule has 0 heterocycles. The van der Waals surface area contributed by atoms with E-state index < -0.39 is 15.0 Å². The molecule has 0 fully saturated rings. The summed E-state index contributed by atoms with van der Waals surface area (Å²) in [6.07, 6.45) is 3.36. The van der Waals surface area contributed by atoms with Crippen LogP contribution in [-0.4, -0.2) is 20.1 Å². The summed E-state index contributed by atoms with van der Waals surface area (Å²) in [6.45, 7) is 5.90. The lowest BCUT2D eigenvalue weighted by Crippen LogP contribution is -2.13. The van der Waals surface area contributed by atoms with Crippen molar-refractivity contribution in [2.45, 2.75) is 32.9 Å². The first-order valence-electron chi connectivity index (χ1n) is 4.18. The van der Waals surface area contributed by atoms with Crippen molar-refractivity contribution in [3.05, 3.63) is 11.8 Å². The Labute approximate surface area is 74.8 Å². The van der Waals surface area contributed by atoms with Gasteiger partial charge in [-0.2, -0.15) is 0 Å². The fraction of sp³-hybridized carbons (Fsp3) is 0.625. The zero-order valence-corrected chi connectivity index (χ0v) is 8.99. The number of rotatable bonds is 5. The first-order chi connectivity index (χ1) is 5.57. The van der Waals surface area contributed by atoms with E-state index in [0.29, 0.717) is 0 Å². The summed E-state index contributed by atoms with van der Waals surface area (Å²) in [7, 11) is -1.28. The van der Waals surface area contributed by atoms with Crippen LogP contribution in [0.15, 0.2) is 11.8 Å². The third kappa shape index (κ3) is 4.95. The molecule has 4 heteroatoms. The van der Waals surface area contributed by atoms with Crippen molar-refractivity contribution < 1.29 is 14.3 Å². The number of carboxylic acids is 1. The first kappa shape index (κ1) is 11.2. The van der Waals surface area contributed by atoms with Crippen molar-refractivity contribution in [2.75, 3.05) is 0 Å². The monoisotopic (exact) mass is 188 g/mol. The molecule has 0 atom stereocenters. The number of hydrogen-bond acceptors (Lipinski definition) is 2. The molecular formula is C8H16O3Si. The topological polar surface area (TPSA) is 46.5 Å². The van der Waals surface area contributed by atoms with Gasteiger partial charge in [-0.25, -0.2) is 4.79 Å². The van der Waals surface area contributed by atoms with Crippen molar-refractivity contribution in [2.24, 2.45) is 0 Å². The van der Waals surface area contributed by atoms with E-state index in [2.05, 4.69) is 0 Å². The second-order valence-corrected chi connectivity index (χ2v) is 5.16. The van der Waals surface area contributed by atoms with Gasteiger partial charge in [0.25, 0.3) is 0 Å². The molecule has 0 unspecified atom stereocenters. The Balaban J connectivity index is 4.13. The summed E-state index contributed by atoms with van der Waals surface area (Å²) in [5.41, 5.74) is 0. The van der Waals surface area contributed by atoms with Gasteiger partial charge in [0, 0.05) is 0 Å². The average Bonchev–Trinajstić information content (AvgIpc) is 1.96. The molecule has 0 aromatic heterocycles. The number of allylic oxidation sites excluding steroid dienone is 1. The van der Waals surface area contributed by atoms with E-state index in [9.17, 15) is 4.79 Å². The van der Waals surface area contributed by atoms with E-state index in [1.165, 1.54) is 0 Å². The Morgan fingerprint density at radius 3 is 2.50 bits per heavy atom. The molecule has 0 saturated heterocycles. The Hall–Kier alpha value is -0.773. The molecule has 12 heavy (non-hydrogen) atoms. The number of carbonyl (C=O) groups is 1. The molecule has 0 aliphatic carbocycles. The van der Waals surface area contributed by atoms with E-state index in [1.54, 1.807) is 6.08 Å². The lowest BCUT2D eigenvalue weighted by molar-refractivity contribution is -0.135. The minimum absolute atomic E-state index is 0.124. The van der Waals surface area contributed by atoms with Crippen molar-refractivity contribution in [1.29, 1.82) is 0 Å². The highest BCUT2D eigenvalue weighted by Crippen LogP contribution is 2.03. The van der Waals surface area contributed by atoms with Crippen LogP contribution >= 0.6 is 0 Å². The van der Waals surface area contributed by atoms with Crippen LogP contribution < -0.4 is 0 Å². The van der Waals surface area contributed by atoms with Crippen molar-refractivity contribution in [3.8, 4) is 0 Å². The Morgan fingerprint density at radius 2 is 2.17 bits per heavy atom. The number of hydrogen-bond donors (Lipinski definition) is 1. The van der Waals surface area contributed by atoms with Crippen LogP contribution in [0.3, 0.4) is 0 Å². The van der Waals surface area contributed by atoms with Crippen molar-refractivity contribution in [3.63, 3.8) is 0 Å². The molecule has 0 aliphatic heterocycles. The number of carboxylic acid groups (broad SMARTS) is 1. The summed E-state index contributed by atoms with van der Waals surface area (Å²) in [4.78, 5) is 10.6. The average molecular weight is 188 g/mol. The van der Waals surface area contributed by atoms with Gasteiger partial charge in [-0.05, 0) is 25.6 Å². The maximum absolute atomic E-state index is 10.6. The van der Waals surface area contributed by atoms with Crippen LogP contribution in [0.2, 0.25) is 13.1 Å². The highest BCUT2D eigenvalue weighted by atomic mass is 28.3. The van der Waals surface area contributed by atoms with E-state index >= 15 is 0 Å². The smallest absolute Gasteiger partial charge is 0.369 e. The number of aliphatic carboxylic acids is 1. The van der Waals surface area contributed by atoms with Gasteiger partial charge >= 0.3 is 5.97 Å². The van der Waals surface area contributed by atoms with Gasteiger partial charge in [0.05, 0.1) is 0 Å². The van der Waals surface area contributed by atoms with Gasteiger partial charge in [0.2, 0.25) is 9.04 Å². The van der Waals surface area contributed by atoms with E-state index in [4.69, 9.17) is 9.53 Å². The van der Waals surface area contributed by atoms with Crippen LogP contribution in [0.1, 0.15) is 19.8 Å². The van der Waals surface area contributed by atoms with Gasteiger partial charge in [-0.15, -0.1) is 0 Å². The Morgan fingerprint density at radius 1 is 1.58 bits per heavy atom. The molecule has 0 aromatic rings. The predicted octanol–water partition coefficient (Wildman–Crippen LogP) is 1.75. The van der Waals surface area contributed by atoms with Crippen LogP contribution in [0, 0.1) is 0 Å². The molecule has 0 spiro atoms. The highest BCUT2D eigenvalue weighted by molar-refractivity contribution is 6.49. The van der Waals surface area contributed by atoms with Gasteiger partial charge in [0.15, 0.2) is 5.76 Å². The second kappa shape index (κ2) is 5.82. The molecular weight excluding hydrogens is 172 g/mol. The summed E-state index contributed by atoms with van der Waals surface area (Å²) >= 11 is 0. The normalized spacial score (nSPS) is 11.8. The molecule has 0 radical (unpaired) electrons. The molecule has 3 nitrogen and oxygen atoms in total. The quantitative estimate of drug-likeness (QED) is 0.406. The molecule has 0 bridgehead atoms. The lowest BCUT2D eigenvalue weighted by atomic mass is 10.3. The Bertz CT molecular complexity index is 175. The fourth-order valence-electron chi connectivity index (χ4n) is 0.715. The molecule has 0 saturated carbocycles. The van der Waals surface area contributed by atoms with Gasteiger partial charge < -0.3 is 9.53 Å². The zero-order chi connectivity index (χ0) is 9.56. The fourth-order valence-corrected chi connectivity index (χ4v) is 1.42. The van der Waals surface area contributed by atoms with Crippen LogP contribution in [0.25, 0.3) is 0 Å². The van der Waals surface area contributed by atoms with E-state index in [1.807, 2.05) is 20.0 Å². The SMILES string of the molecule is CCCC=C(O[SiH](C)C)C(=O)O. The third-order valence-electron chi connectivity index (χ3n) is 1.19. The summed E-state index contributed by atoms with van der Waals surface area (Å²) < 4.78 is 5.21. The number of unbranched alkanes of at least 4 members (excludes halogenated alkanes) is 1. The second-order valence-electron chi connectivity index (χ2n) is 2.83. The largest absolute Gasteiger partial charge is 0.542 e. The minimum Gasteiger partial charge on any atom is -0.542 e. The zero-order valence-electron chi connectivity index (χ0n) is 7.83. The van der Waals surface area contributed by atoms with Gasteiger partial charge in [0.1, 0.15) is 0 Å². The summed E-state index contributed by atoms with van der Waals surface area (Å²) in [5.74, 6) is -0.830. The molecule has 0 aliphatic rings. The first-order valence-corrected chi connectivity index (χ1v) is 6.96. The van der Waals surface area contributed by atoms with E-state index in [-0.39, 0.29) is 5.76 Å². The van der Waals surface area contributed by atoms with Crippen LogP contribution in [-0.2, 0) is 9.22 Å². The maximum Gasteiger partial charge on any atom is 0.369 e. The van der Waals surface area contributed by atoms with E-state index in [0.717, 1.165) is 12.8 Å².